The molecule has 0 N–H and O–H groups in total. The molecule has 2 heterocycles. The lowest BCUT2D eigenvalue weighted by atomic mass is 9.63. The van der Waals surface area contributed by atoms with E-state index in [2.05, 4.69) is 30.3 Å². The van der Waals surface area contributed by atoms with Crippen molar-refractivity contribution in [2.24, 2.45) is 11.8 Å². The third kappa shape index (κ3) is 1.20. The van der Waals surface area contributed by atoms with Gasteiger partial charge in [0.2, 0.25) is 0 Å². The topological polar surface area (TPSA) is 9.23 Å². The zero-order chi connectivity index (χ0) is 13.3. The van der Waals surface area contributed by atoms with E-state index < -0.39 is 0 Å². The van der Waals surface area contributed by atoms with Gasteiger partial charge in [0.05, 0.1) is 12.2 Å². The first-order chi connectivity index (χ1) is 9.83. The average molecular weight is 264 g/mol. The summed E-state index contributed by atoms with van der Waals surface area (Å²) >= 11 is 0. The lowest BCUT2D eigenvalue weighted by molar-refractivity contribution is 0.0626. The fourth-order valence-corrected chi connectivity index (χ4v) is 3.99. The van der Waals surface area contributed by atoms with E-state index in [1.54, 1.807) is 0 Å². The monoisotopic (exact) mass is 264 g/mol. The van der Waals surface area contributed by atoms with Gasteiger partial charge in [-0.1, -0.05) is 42.5 Å². The van der Waals surface area contributed by atoms with E-state index in [0.29, 0.717) is 11.8 Å². The Balaban J connectivity index is 1.56. The highest BCUT2D eigenvalue weighted by atomic mass is 19.1. The molecule has 2 aliphatic heterocycles. The summed E-state index contributed by atoms with van der Waals surface area (Å²) in [5.74, 6) is 0.759. The van der Waals surface area contributed by atoms with Gasteiger partial charge in [0.1, 0.15) is 5.82 Å². The molecular formula is C18H13FO. The second-order valence-corrected chi connectivity index (χ2v) is 5.84. The Morgan fingerprint density at radius 3 is 2.30 bits per heavy atom. The van der Waals surface area contributed by atoms with Crippen molar-refractivity contribution in [2.75, 3.05) is 0 Å². The van der Waals surface area contributed by atoms with Crippen molar-refractivity contribution in [1.29, 1.82) is 0 Å². The fourth-order valence-electron chi connectivity index (χ4n) is 3.99. The van der Waals surface area contributed by atoms with Crippen LogP contribution in [0.4, 0.5) is 4.39 Å². The van der Waals surface area contributed by atoms with E-state index in [9.17, 15) is 4.39 Å². The third-order valence-corrected chi connectivity index (χ3v) is 4.90. The van der Waals surface area contributed by atoms with Crippen molar-refractivity contribution in [3.8, 4) is 0 Å². The zero-order valence-electron chi connectivity index (χ0n) is 10.8. The first-order valence-electron chi connectivity index (χ1n) is 7.05. The summed E-state index contributed by atoms with van der Waals surface area (Å²) in [4.78, 5) is 0. The van der Waals surface area contributed by atoms with Crippen molar-refractivity contribution in [3.63, 3.8) is 0 Å². The molecule has 4 atom stereocenters. The van der Waals surface area contributed by atoms with Crippen LogP contribution in [0, 0.1) is 17.7 Å². The first-order valence-corrected chi connectivity index (χ1v) is 7.05. The van der Waals surface area contributed by atoms with Crippen LogP contribution in [0.25, 0.3) is 5.57 Å². The van der Waals surface area contributed by atoms with Gasteiger partial charge in [-0.3, -0.25) is 0 Å². The maximum absolute atomic E-state index is 13.0. The summed E-state index contributed by atoms with van der Waals surface area (Å²) in [7, 11) is 0. The predicted molar refractivity (Wildman–Crippen MR) is 74.4 cm³/mol. The van der Waals surface area contributed by atoms with Crippen LogP contribution in [0.3, 0.4) is 0 Å². The fraction of sp³-hybridized carbons (Fsp3) is 0.222. The molecule has 0 amide bonds. The SMILES string of the molecule is Fc1ccc(C2=CC3C4OC(c5ccccc54)C23)cc1. The molecule has 1 saturated heterocycles. The van der Waals surface area contributed by atoms with E-state index in [4.69, 9.17) is 4.74 Å². The van der Waals surface area contributed by atoms with E-state index >= 15 is 0 Å². The molecule has 98 valence electrons. The number of benzene rings is 2. The molecular weight excluding hydrogens is 251 g/mol. The Kier molecular flexibility index (Phi) is 1.94. The maximum Gasteiger partial charge on any atom is 0.123 e. The summed E-state index contributed by atoms with van der Waals surface area (Å²) < 4.78 is 19.2. The van der Waals surface area contributed by atoms with Crippen LogP contribution >= 0.6 is 0 Å². The van der Waals surface area contributed by atoms with E-state index in [0.717, 1.165) is 5.56 Å². The van der Waals surface area contributed by atoms with Crippen LogP contribution in [-0.2, 0) is 4.74 Å². The molecule has 4 unspecified atom stereocenters. The van der Waals surface area contributed by atoms with E-state index in [1.165, 1.54) is 28.8 Å². The summed E-state index contributed by atoms with van der Waals surface area (Å²) in [6.07, 6.45) is 2.72. The van der Waals surface area contributed by atoms with Gasteiger partial charge in [0.15, 0.2) is 0 Å². The molecule has 0 radical (unpaired) electrons. The predicted octanol–water partition coefficient (Wildman–Crippen LogP) is 4.28. The molecule has 5 rings (SSSR count). The molecule has 0 saturated carbocycles. The molecule has 20 heavy (non-hydrogen) atoms. The minimum absolute atomic E-state index is 0.181. The quantitative estimate of drug-likeness (QED) is 0.747. The van der Waals surface area contributed by atoms with E-state index in [-0.39, 0.29) is 18.0 Å². The van der Waals surface area contributed by atoms with Crippen molar-refractivity contribution >= 4 is 5.57 Å². The van der Waals surface area contributed by atoms with Crippen molar-refractivity contribution < 1.29 is 9.13 Å². The number of ether oxygens (including phenoxy) is 1. The number of hydrogen-bond donors (Lipinski definition) is 0. The standard InChI is InChI=1S/C18H13FO/c19-11-7-5-10(6-8-11)14-9-15-16(14)18-13-4-2-1-3-12(13)17(15)20-18/h1-9,15-18H. The third-order valence-electron chi connectivity index (χ3n) is 4.90. The molecule has 1 nitrogen and oxygen atoms in total. The molecule has 1 aliphatic carbocycles. The van der Waals surface area contributed by atoms with Crippen LogP contribution in [0.1, 0.15) is 28.9 Å². The second kappa shape index (κ2) is 3.58. The van der Waals surface area contributed by atoms with Crippen molar-refractivity contribution in [3.05, 3.63) is 77.1 Å². The van der Waals surface area contributed by atoms with Crippen molar-refractivity contribution in [2.45, 2.75) is 12.2 Å². The van der Waals surface area contributed by atoms with Crippen LogP contribution in [-0.4, -0.2) is 0 Å². The minimum Gasteiger partial charge on any atom is -0.364 e. The highest BCUT2D eigenvalue weighted by Crippen LogP contribution is 2.65. The second-order valence-electron chi connectivity index (χ2n) is 5.84. The molecule has 2 heteroatoms. The highest BCUT2D eigenvalue weighted by Gasteiger charge is 2.56. The molecule has 2 aromatic rings. The Morgan fingerprint density at radius 2 is 1.55 bits per heavy atom. The number of rotatable bonds is 1. The highest BCUT2D eigenvalue weighted by molar-refractivity contribution is 5.76. The minimum atomic E-state index is -0.181. The van der Waals surface area contributed by atoms with Gasteiger partial charge in [-0.05, 0) is 34.4 Å². The Bertz CT molecular complexity index is 731. The molecule has 0 aromatic heterocycles. The van der Waals surface area contributed by atoms with Crippen LogP contribution < -0.4 is 0 Å². The normalized spacial score (nSPS) is 32.4. The number of fused-ring (bicyclic) bond motifs is 8. The maximum atomic E-state index is 13.0. The number of halogens is 1. The first kappa shape index (κ1) is 10.8. The largest absolute Gasteiger partial charge is 0.364 e. The van der Waals surface area contributed by atoms with Crippen molar-refractivity contribution in [1.82, 2.24) is 0 Å². The van der Waals surface area contributed by atoms with Gasteiger partial charge in [0.25, 0.3) is 0 Å². The van der Waals surface area contributed by atoms with Crippen LogP contribution in [0.15, 0.2) is 54.6 Å². The smallest absolute Gasteiger partial charge is 0.123 e. The van der Waals surface area contributed by atoms with Gasteiger partial charge in [0, 0.05) is 11.8 Å². The van der Waals surface area contributed by atoms with Gasteiger partial charge in [-0.25, -0.2) is 4.39 Å². The molecule has 0 spiro atoms. The Morgan fingerprint density at radius 1 is 0.850 bits per heavy atom. The number of hydrogen-bond acceptors (Lipinski definition) is 1. The summed E-state index contributed by atoms with van der Waals surface area (Å²) in [6.45, 7) is 0. The van der Waals surface area contributed by atoms with Crippen LogP contribution in [0.5, 0.6) is 0 Å². The van der Waals surface area contributed by atoms with Gasteiger partial charge in [-0.2, -0.15) is 0 Å². The Labute approximate surface area is 116 Å². The molecule has 2 bridgehead atoms. The molecule has 3 aliphatic rings. The zero-order valence-corrected chi connectivity index (χ0v) is 10.8. The van der Waals surface area contributed by atoms with Gasteiger partial charge >= 0.3 is 0 Å². The van der Waals surface area contributed by atoms with Gasteiger partial charge in [-0.15, -0.1) is 0 Å². The van der Waals surface area contributed by atoms with Crippen LogP contribution in [0.2, 0.25) is 0 Å². The summed E-state index contributed by atoms with van der Waals surface area (Å²) in [5, 5.41) is 0. The molecule has 2 aromatic carbocycles. The van der Waals surface area contributed by atoms with Gasteiger partial charge < -0.3 is 4.74 Å². The lowest BCUT2D eigenvalue weighted by Crippen LogP contribution is -2.29. The average Bonchev–Trinajstić information content (AvgIpc) is 2.93. The molecule has 1 fully saturated rings. The van der Waals surface area contributed by atoms with E-state index in [1.807, 2.05) is 12.1 Å². The lowest BCUT2D eigenvalue weighted by Gasteiger charge is -2.37. The Hall–Kier alpha value is -1.93. The summed E-state index contributed by atoms with van der Waals surface area (Å²) in [6, 6.07) is 15.3. The summed E-state index contributed by atoms with van der Waals surface area (Å²) in [5.41, 5.74) is 5.14.